The number of ketones is 1. The number of carbonyl (C=O) groups is 2. The second-order valence-corrected chi connectivity index (χ2v) is 11.0. The van der Waals surface area contributed by atoms with Gasteiger partial charge in [-0.05, 0) is 68.3 Å². The second-order valence-electron chi connectivity index (χ2n) is 11.0. The van der Waals surface area contributed by atoms with Crippen LogP contribution in [-0.2, 0) is 4.74 Å². The van der Waals surface area contributed by atoms with Crippen molar-refractivity contribution in [3.05, 3.63) is 94.0 Å². The topological polar surface area (TPSA) is 86.3 Å². The molecule has 1 saturated heterocycles. The van der Waals surface area contributed by atoms with Crippen molar-refractivity contribution in [3.8, 4) is 0 Å². The minimum Gasteiger partial charge on any atom is -0.373 e. The van der Waals surface area contributed by atoms with Gasteiger partial charge in [0.05, 0.1) is 48.1 Å². The van der Waals surface area contributed by atoms with Gasteiger partial charge in [0, 0.05) is 37.5 Å². The van der Waals surface area contributed by atoms with E-state index >= 15 is 0 Å². The molecule has 4 aliphatic heterocycles. The Labute approximate surface area is 243 Å². The number of fused-ring (bicyclic) bond motifs is 1. The van der Waals surface area contributed by atoms with E-state index < -0.39 is 23.4 Å². The van der Waals surface area contributed by atoms with Gasteiger partial charge in [-0.3, -0.25) is 19.5 Å². The molecule has 4 unspecified atom stereocenters. The van der Waals surface area contributed by atoms with E-state index in [4.69, 9.17) is 4.74 Å². The predicted octanol–water partition coefficient (Wildman–Crippen LogP) is 4.04. The van der Waals surface area contributed by atoms with Crippen molar-refractivity contribution in [2.45, 2.75) is 51.4 Å². The van der Waals surface area contributed by atoms with Crippen LogP contribution in [0.2, 0.25) is 0 Å². The lowest BCUT2D eigenvalue weighted by Crippen LogP contribution is -2.55. The number of hydrogen-bond donors (Lipinski definition) is 2. The summed E-state index contributed by atoms with van der Waals surface area (Å²) >= 11 is 0. The van der Waals surface area contributed by atoms with E-state index in [9.17, 15) is 22.8 Å². The molecule has 11 heteroatoms. The third-order valence-corrected chi connectivity index (χ3v) is 7.71. The SMILES string of the molecule is Cc1ccc(C(=O)NCC2=CC3C(=CC=C(C4=CC=CC(N5CC(C)OC(C)C5)N4)N3C)C=N2)cc1C(=O)C(F)(F)F. The van der Waals surface area contributed by atoms with E-state index in [1.165, 1.54) is 19.1 Å². The number of amides is 1. The number of carbonyl (C=O) groups excluding carboxylic acids is 2. The van der Waals surface area contributed by atoms with Crippen LogP contribution in [0.15, 0.2) is 82.3 Å². The van der Waals surface area contributed by atoms with Gasteiger partial charge in [-0.1, -0.05) is 18.2 Å². The predicted molar refractivity (Wildman–Crippen MR) is 154 cm³/mol. The number of dihydropyridines is 1. The van der Waals surface area contributed by atoms with Crippen molar-refractivity contribution < 1.29 is 27.5 Å². The maximum absolute atomic E-state index is 13.0. The standard InChI is InChI=1S/C31H34F3N5O3/c1-18-8-9-21(12-24(18)29(40)31(32,33)34)30(41)36-15-23-13-27-22(14-35-23)10-11-26(38(27)4)25-6-5-7-28(37-25)39-16-19(2)42-20(3)17-39/h5-14,19-20,27-28,37H,15-17H2,1-4H3,(H,36,41). The Bertz CT molecular complexity index is 1450. The zero-order valence-corrected chi connectivity index (χ0v) is 23.9. The lowest BCUT2D eigenvalue weighted by Gasteiger charge is -2.42. The second kappa shape index (κ2) is 11.7. The van der Waals surface area contributed by atoms with Crippen LogP contribution < -0.4 is 10.6 Å². The molecule has 42 heavy (non-hydrogen) atoms. The van der Waals surface area contributed by atoms with Gasteiger partial charge in [-0.2, -0.15) is 13.2 Å². The summed E-state index contributed by atoms with van der Waals surface area (Å²) in [7, 11) is 2.00. The lowest BCUT2D eigenvalue weighted by molar-refractivity contribution is -0.0885. The van der Waals surface area contributed by atoms with Gasteiger partial charge in [-0.15, -0.1) is 0 Å². The molecular weight excluding hydrogens is 547 g/mol. The van der Waals surface area contributed by atoms with E-state index in [0.717, 1.165) is 36.1 Å². The molecule has 0 saturated carbocycles. The summed E-state index contributed by atoms with van der Waals surface area (Å²) in [6, 6.07) is 3.59. The Hall–Kier alpha value is -3.96. The molecule has 222 valence electrons. The summed E-state index contributed by atoms with van der Waals surface area (Å²) in [5.74, 6) is -2.57. The molecule has 0 spiro atoms. The van der Waals surface area contributed by atoms with E-state index in [0.29, 0.717) is 5.70 Å². The van der Waals surface area contributed by atoms with Crippen LogP contribution in [0.1, 0.15) is 40.1 Å². The number of aryl methyl sites for hydroxylation is 1. The van der Waals surface area contributed by atoms with Crippen molar-refractivity contribution in [1.82, 2.24) is 20.4 Å². The molecule has 0 aliphatic carbocycles. The molecule has 0 bridgehead atoms. The first-order chi connectivity index (χ1) is 19.9. The van der Waals surface area contributed by atoms with Gasteiger partial charge < -0.3 is 20.3 Å². The Balaban J connectivity index is 1.24. The molecule has 5 rings (SSSR count). The molecule has 1 aromatic rings. The number of halogens is 3. The first kappa shape index (κ1) is 29.5. The Morgan fingerprint density at radius 3 is 2.60 bits per heavy atom. The van der Waals surface area contributed by atoms with Crippen molar-refractivity contribution in [2.24, 2.45) is 4.99 Å². The number of hydrogen-bond acceptors (Lipinski definition) is 7. The van der Waals surface area contributed by atoms with Crippen LogP contribution in [-0.4, -0.2) is 85.0 Å². The highest BCUT2D eigenvalue weighted by molar-refractivity contribution is 6.04. The molecule has 2 N–H and O–H groups in total. The number of aliphatic imine (C=N–C) groups is 1. The van der Waals surface area contributed by atoms with Crippen LogP contribution in [0.25, 0.3) is 0 Å². The van der Waals surface area contributed by atoms with E-state index in [1.54, 1.807) is 6.21 Å². The van der Waals surface area contributed by atoms with Gasteiger partial charge in [0.2, 0.25) is 0 Å². The fraction of sp³-hybridized carbons (Fsp3) is 0.387. The molecular formula is C31H34F3N5O3. The Kier molecular flexibility index (Phi) is 8.25. The number of Topliss-reactive ketones (excluding diaryl/α,β-unsaturated/α-hetero) is 1. The van der Waals surface area contributed by atoms with Crippen molar-refractivity contribution in [1.29, 1.82) is 0 Å². The number of likely N-dealkylation sites (N-methyl/N-ethyl adjacent to an activating group) is 1. The summed E-state index contributed by atoms with van der Waals surface area (Å²) < 4.78 is 44.8. The normalized spacial score (nSPS) is 25.9. The fourth-order valence-electron chi connectivity index (χ4n) is 5.62. The summed E-state index contributed by atoms with van der Waals surface area (Å²) in [6.07, 6.45) is 9.36. The third kappa shape index (κ3) is 6.27. The first-order valence-corrected chi connectivity index (χ1v) is 13.9. The highest BCUT2D eigenvalue weighted by Gasteiger charge is 2.40. The molecule has 0 radical (unpaired) electrons. The van der Waals surface area contributed by atoms with Gasteiger partial charge in [0.25, 0.3) is 11.7 Å². The molecule has 1 fully saturated rings. The van der Waals surface area contributed by atoms with Gasteiger partial charge in [0.15, 0.2) is 0 Å². The lowest BCUT2D eigenvalue weighted by atomic mass is 9.97. The number of nitrogens with zero attached hydrogens (tertiary/aromatic N) is 3. The van der Waals surface area contributed by atoms with E-state index in [-0.39, 0.29) is 42.1 Å². The molecule has 0 aromatic heterocycles. The van der Waals surface area contributed by atoms with Crippen molar-refractivity contribution >= 4 is 17.9 Å². The fourth-order valence-corrected chi connectivity index (χ4v) is 5.62. The quantitative estimate of drug-likeness (QED) is 0.494. The van der Waals surface area contributed by atoms with Crippen molar-refractivity contribution in [2.75, 3.05) is 26.7 Å². The number of alkyl halides is 3. The molecule has 1 amide bonds. The molecule has 4 aliphatic rings. The van der Waals surface area contributed by atoms with Crippen LogP contribution in [0.4, 0.5) is 13.2 Å². The maximum Gasteiger partial charge on any atom is 0.454 e. The highest BCUT2D eigenvalue weighted by atomic mass is 19.4. The zero-order valence-electron chi connectivity index (χ0n) is 23.9. The number of rotatable bonds is 6. The largest absolute Gasteiger partial charge is 0.454 e. The number of morpholine rings is 1. The van der Waals surface area contributed by atoms with E-state index in [1.807, 2.05) is 25.3 Å². The third-order valence-electron chi connectivity index (χ3n) is 7.71. The minimum absolute atomic E-state index is 0.0313. The zero-order chi connectivity index (χ0) is 30.2. The maximum atomic E-state index is 13.0. The summed E-state index contributed by atoms with van der Waals surface area (Å²) in [4.78, 5) is 33.5. The van der Waals surface area contributed by atoms with Crippen LogP contribution in [0.3, 0.4) is 0 Å². The van der Waals surface area contributed by atoms with E-state index in [2.05, 4.69) is 57.5 Å². The number of ether oxygens (including phenoxy) is 1. The number of benzene rings is 1. The Morgan fingerprint density at radius 1 is 1.14 bits per heavy atom. The molecule has 1 aromatic carbocycles. The van der Waals surface area contributed by atoms with Crippen LogP contribution in [0.5, 0.6) is 0 Å². The van der Waals surface area contributed by atoms with Gasteiger partial charge in [-0.25, -0.2) is 0 Å². The number of nitrogens with one attached hydrogen (secondary N) is 2. The average Bonchev–Trinajstić information content (AvgIpc) is 2.95. The Morgan fingerprint density at radius 2 is 1.88 bits per heavy atom. The highest BCUT2D eigenvalue weighted by Crippen LogP contribution is 2.29. The first-order valence-electron chi connectivity index (χ1n) is 13.9. The van der Waals surface area contributed by atoms with Crippen LogP contribution >= 0.6 is 0 Å². The van der Waals surface area contributed by atoms with Gasteiger partial charge in [0.1, 0.15) is 0 Å². The smallest absolute Gasteiger partial charge is 0.373 e. The molecule has 4 heterocycles. The number of allylic oxidation sites excluding steroid dienone is 4. The minimum atomic E-state index is -5.02. The summed E-state index contributed by atoms with van der Waals surface area (Å²) in [5, 5.41) is 6.37. The monoisotopic (exact) mass is 581 g/mol. The molecule has 4 atom stereocenters. The average molecular weight is 582 g/mol. The summed E-state index contributed by atoms with van der Waals surface area (Å²) in [5.41, 5.74) is 3.17. The summed E-state index contributed by atoms with van der Waals surface area (Å²) in [6.45, 7) is 7.30. The molecule has 8 nitrogen and oxygen atoms in total. The van der Waals surface area contributed by atoms with Gasteiger partial charge >= 0.3 is 6.18 Å². The van der Waals surface area contributed by atoms with Crippen molar-refractivity contribution in [3.63, 3.8) is 0 Å². The van der Waals surface area contributed by atoms with Crippen LogP contribution in [0, 0.1) is 6.92 Å².